The van der Waals surface area contributed by atoms with Crippen molar-refractivity contribution in [2.75, 3.05) is 6.61 Å². The average molecular weight is 296 g/mol. The molecule has 0 radical (unpaired) electrons. The van der Waals surface area contributed by atoms with Crippen molar-refractivity contribution >= 4 is 9.04 Å². The SMILES string of the molecule is C=CCCCO[SiH](Cc1ccccc1)Cc1ccccc1. The summed E-state index contributed by atoms with van der Waals surface area (Å²) in [4.78, 5) is 0. The van der Waals surface area contributed by atoms with Gasteiger partial charge >= 0.3 is 0 Å². The van der Waals surface area contributed by atoms with E-state index in [2.05, 4.69) is 67.2 Å². The molecule has 21 heavy (non-hydrogen) atoms. The molecule has 2 aromatic rings. The highest BCUT2D eigenvalue weighted by Gasteiger charge is 2.13. The van der Waals surface area contributed by atoms with Gasteiger partial charge in [-0.2, -0.15) is 0 Å². The smallest absolute Gasteiger partial charge is 0.185 e. The van der Waals surface area contributed by atoms with E-state index in [4.69, 9.17) is 4.43 Å². The lowest BCUT2D eigenvalue weighted by Gasteiger charge is -2.16. The molecule has 0 unspecified atom stereocenters. The van der Waals surface area contributed by atoms with Crippen molar-refractivity contribution in [1.82, 2.24) is 0 Å². The van der Waals surface area contributed by atoms with Crippen LogP contribution in [0.25, 0.3) is 0 Å². The van der Waals surface area contributed by atoms with Gasteiger partial charge < -0.3 is 4.43 Å². The van der Waals surface area contributed by atoms with Gasteiger partial charge in [-0.1, -0.05) is 66.7 Å². The van der Waals surface area contributed by atoms with Crippen molar-refractivity contribution in [3.63, 3.8) is 0 Å². The zero-order valence-electron chi connectivity index (χ0n) is 12.6. The predicted molar refractivity (Wildman–Crippen MR) is 92.8 cm³/mol. The molecule has 2 aromatic carbocycles. The van der Waals surface area contributed by atoms with Gasteiger partial charge in [-0.05, 0) is 36.1 Å². The number of unbranched alkanes of at least 4 members (excludes halogenated alkanes) is 1. The molecule has 1 nitrogen and oxygen atoms in total. The van der Waals surface area contributed by atoms with Crippen LogP contribution in [0, 0.1) is 0 Å². The van der Waals surface area contributed by atoms with Crippen molar-refractivity contribution in [3.8, 4) is 0 Å². The number of hydrogen-bond donors (Lipinski definition) is 0. The van der Waals surface area contributed by atoms with Gasteiger partial charge in [0, 0.05) is 6.61 Å². The molecule has 0 saturated heterocycles. The molecule has 0 spiro atoms. The number of rotatable bonds is 9. The third-order valence-electron chi connectivity index (χ3n) is 3.52. The molecule has 0 N–H and O–H groups in total. The topological polar surface area (TPSA) is 9.23 Å². The normalized spacial score (nSPS) is 10.7. The van der Waals surface area contributed by atoms with Crippen LogP contribution >= 0.6 is 0 Å². The zero-order valence-corrected chi connectivity index (χ0v) is 13.7. The molecule has 0 heterocycles. The highest BCUT2D eigenvalue weighted by atomic mass is 28.3. The summed E-state index contributed by atoms with van der Waals surface area (Å²) in [5, 5.41) is 0. The fourth-order valence-corrected chi connectivity index (χ4v) is 4.90. The molecule has 0 atom stereocenters. The van der Waals surface area contributed by atoms with Gasteiger partial charge in [-0.3, -0.25) is 0 Å². The molecule has 0 fully saturated rings. The molecule has 0 aromatic heterocycles. The van der Waals surface area contributed by atoms with E-state index in [-0.39, 0.29) is 0 Å². The van der Waals surface area contributed by atoms with Gasteiger partial charge in [0.15, 0.2) is 9.04 Å². The zero-order chi connectivity index (χ0) is 14.8. The monoisotopic (exact) mass is 296 g/mol. The first-order valence-corrected chi connectivity index (χ1v) is 9.79. The molecule has 0 amide bonds. The fourth-order valence-electron chi connectivity index (χ4n) is 2.42. The molecule has 0 aliphatic carbocycles. The van der Waals surface area contributed by atoms with Gasteiger partial charge in [-0.25, -0.2) is 0 Å². The third kappa shape index (κ3) is 6.11. The van der Waals surface area contributed by atoms with E-state index in [0.29, 0.717) is 0 Å². The fraction of sp³-hybridized carbons (Fsp3) is 0.263. The van der Waals surface area contributed by atoms with E-state index in [0.717, 1.165) is 31.5 Å². The summed E-state index contributed by atoms with van der Waals surface area (Å²) in [6.07, 6.45) is 4.09. The minimum atomic E-state index is -1.26. The first-order valence-electron chi connectivity index (χ1n) is 7.69. The Morgan fingerprint density at radius 3 is 1.86 bits per heavy atom. The molecule has 0 aliphatic heterocycles. The van der Waals surface area contributed by atoms with E-state index in [1.807, 2.05) is 6.08 Å². The van der Waals surface area contributed by atoms with E-state index in [1.165, 1.54) is 11.1 Å². The molecule has 0 bridgehead atoms. The second-order valence-corrected chi connectivity index (χ2v) is 7.70. The van der Waals surface area contributed by atoms with Gasteiger partial charge in [0.05, 0.1) is 0 Å². The minimum absolute atomic E-state index is 0.864. The van der Waals surface area contributed by atoms with Crippen LogP contribution in [-0.4, -0.2) is 15.6 Å². The Morgan fingerprint density at radius 2 is 1.38 bits per heavy atom. The van der Waals surface area contributed by atoms with Crippen LogP contribution in [0.2, 0.25) is 0 Å². The summed E-state index contributed by atoms with van der Waals surface area (Å²) in [5.41, 5.74) is 2.79. The molecule has 0 aliphatic rings. The summed E-state index contributed by atoms with van der Waals surface area (Å²) in [6.45, 7) is 4.63. The van der Waals surface area contributed by atoms with Gasteiger partial charge in [0.1, 0.15) is 0 Å². The first-order chi connectivity index (χ1) is 10.4. The van der Waals surface area contributed by atoms with Crippen LogP contribution in [0.4, 0.5) is 0 Å². The van der Waals surface area contributed by atoms with Crippen molar-refractivity contribution in [2.45, 2.75) is 24.9 Å². The maximum absolute atomic E-state index is 6.24. The van der Waals surface area contributed by atoms with E-state index < -0.39 is 9.04 Å². The van der Waals surface area contributed by atoms with E-state index >= 15 is 0 Å². The van der Waals surface area contributed by atoms with Gasteiger partial charge in [0.2, 0.25) is 0 Å². The quantitative estimate of drug-likeness (QED) is 0.382. The highest BCUT2D eigenvalue weighted by Crippen LogP contribution is 2.10. The number of allylic oxidation sites excluding steroid dienone is 1. The Bertz CT molecular complexity index is 468. The predicted octanol–water partition coefficient (Wildman–Crippen LogP) is 4.26. The standard InChI is InChI=1S/C19H24OSi/c1-2-3-10-15-20-21(16-18-11-6-4-7-12-18)17-19-13-8-5-9-14-19/h2,4-9,11-14,21H,1,3,10,15-17H2. The maximum Gasteiger partial charge on any atom is 0.185 e. The molecule has 110 valence electrons. The largest absolute Gasteiger partial charge is 0.419 e. The van der Waals surface area contributed by atoms with Crippen LogP contribution in [0.15, 0.2) is 73.3 Å². The second-order valence-electron chi connectivity index (χ2n) is 5.30. The summed E-state index contributed by atoms with van der Waals surface area (Å²) >= 11 is 0. The molecular weight excluding hydrogens is 272 g/mol. The van der Waals surface area contributed by atoms with Crippen LogP contribution < -0.4 is 0 Å². The summed E-state index contributed by atoms with van der Waals surface area (Å²) in [7, 11) is -1.26. The summed E-state index contributed by atoms with van der Waals surface area (Å²) in [6, 6.07) is 23.6. The highest BCUT2D eigenvalue weighted by molar-refractivity contribution is 6.50. The number of hydrogen-bond acceptors (Lipinski definition) is 1. The average Bonchev–Trinajstić information content (AvgIpc) is 2.53. The first kappa shape index (κ1) is 15.7. The Labute approximate surface area is 130 Å². The Morgan fingerprint density at radius 1 is 0.857 bits per heavy atom. The molecule has 0 saturated carbocycles. The van der Waals surface area contributed by atoms with Crippen molar-refractivity contribution < 1.29 is 4.43 Å². The van der Waals surface area contributed by atoms with Crippen molar-refractivity contribution in [3.05, 3.63) is 84.4 Å². The second kappa shape index (κ2) is 9.32. The maximum atomic E-state index is 6.24. The lowest BCUT2D eigenvalue weighted by atomic mass is 10.2. The lowest BCUT2D eigenvalue weighted by molar-refractivity contribution is 0.311. The van der Waals surface area contributed by atoms with Crippen LogP contribution in [0.1, 0.15) is 24.0 Å². The summed E-state index contributed by atoms with van der Waals surface area (Å²) in [5.74, 6) is 0. The molecule has 2 rings (SSSR count). The van der Waals surface area contributed by atoms with Gasteiger partial charge in [0.25, 0.3) is 0 Å². The van der Waals surface area contributed by atoms with E-state index in [9.17, 15) is 0 Å². The Balaban J connectivity index is 1.94. The van der Waals surface area contributed by atoms with Crippen molar-refractivity contribution in [1.29, 1.82) is 0 Å². The minimum Gasteiger partial charge on any atom is -0.419 e. The molecular formula is C19H24OSi. The van der Waals surface area contributed by atoms with Crippen LogP contribution in [0.3, 0.4) is 0 Å². The molecule has 2 heteroatoms. The van der Waals surface area contributed by atoms with Gasteiger partial charge in [-0.15, -0.1) is 6.58 Å². The van der Waals surface area contributed by atoms with Crippen molar-refractivity contribution in [2.24, 2.45) is 0 Å². The summed E-state index contributed by atoms with van der Waals surface area (Å²) < 4.78 is 6.24. The Hall–Kier alpha value is -1.64. The lowest BCUT2D eigenvalue weighted by Crippen LogP contribution is -2.26. The van der Waals surface area contributed by atoms with Crippen LogP contribution in [0.5, 0.6) is 0 Å². The third-order valence-corrected chi connectivity index (χ3v) is 6.08. The number of benzene rings is 2. The van der Waals surface area contributed by atoms with E-state index in [1.54, 1.807) is 0 Å². The Kier molecular flexibility index (Phi) is 6.99. The van der Waals surface area contributed by atoms with Crippen LogP contribution in [-0.2, 0) is 16.5 Å².